The van der Waals surface area contributed by atoms with Crippen molar-refractivity contribution in [1.82, 2.24) is 9.55 Å². The number of nitrogens with zero attached hydrogens (tertiary/aromatic N) is 1. The van der Waals surface area contributed by atoms with Crippen LogP contribution in [0.4, 0.5) is 0 Å². The SMILES string of the molecule is CCCCCCCCCCCCCCCCC(OP(=O)([O-])O)[C@@H]1C=C[C@H](n2cc(C)c(=O)[nH]c2=O)O1. The molecule has 2 heterocycles. The Morgan fingerprint density at radius 3 is 2.06 bits per heavy atom. The van der Waals surface area contributed by atoms with Crippen LogP contribution in [0.1, 0.15) is 115 Å². The van der Waals surface area contributed by atoms with Gasteiger partial charge in [-0.1, -0.05) is 103 Å². The van der Waals surface area contributed by atoms with E-state index in [0.29, 0.717) is 12.0 Å². The third kappa shape index (κ3) is 11.7. The summed E-state index contributed by atoms with van der Waals surface area (Å²) in [6, 6.07) is 0. The van der Waals surface area contributed by atoms with Crippen LogP contribution < -0.4 is 16.1 Å². The zero-order valence-corrected chi connectivity index (χ0v) is 22.8. The van der Waals surface area contributed by atoms with E-state index < -0.39 is 37.5 Å². The van der Waals surface area contributed by atoms with Gasteiger partial charge in [-0.2, -0.15) is 0 Å². The van der Waals surface area contributed by atoms with Crippen LogP contribution in [0.5, 0.6) is 0 Å². The first kappa shape index (κ1) is 30.7. The van der Waals surface area contributed by atoms with Gasteiger partial charge in [0.2, 0.25) is 0 Å². The summed E-state index contributed by atoms with van der Waals surface area (Å²) in [5.74, 6) is 0. The zero-order chi connectivity index (χ0) is 26.4. The normalized spacial score (nSPS) is 20.0. The Labute approximate surface area is 214 Å². The van der Waals surface area contributed by atoms with Crippen molar-refractivity contribution in [3.8, 4) is 0 Å². The number of aromatic amines is 1. The molecular formula is C26H44N2O7P-. The molecule has 0 aliphatic carbocycles. The van der Waals surface area contributed by atoms with Crippen molar-refractivity contribution in [3.63, 3.8) is 0 Å². The molecule has 0 bridgehead atoms. The fourth-order valence-electron chi connectivity index (χ4n) is 4.59. The number of unbranched alkanes of at least 4 members (excludes halogenated alkanes) is 13. The van der Waals surface area contributed by atoms with Crippen molar-refractivity contribution in [3.05, 3.63) is 44.8 Å². The molecule has 4 atom stereocenters. The van der Waals surface area contributed by atoms with E-state index in [0.717, 1.165) is 25.7 Å². The van der Waals surface area contributed by atoms with Gasteiger partial charge >= 0.3 is 5.69 Å². The highest BCUT2D eigenvalue weighted by molar-refractivity contribution is 7.44. The van der Waals surface area contributed by atoms with Crippen LogP contribution in [-0.2, 0) is 13.8 Å². The summed E-state index contributed by atoms with van der Waals surface area (Å²) in [5, 5.41) is 0. The number of phosphoric acid groups is 1. The van der Waals surface area contributed by atoms with Crippen molar-refractivity contribution >= 4 is 7.82 Å². The van der Waals surface area contributed by atoms with E-state index in [1.54, 1.807) is 19.1 Å². The molecule has 1 aliphatic heterocycles. The van der Waals surface area contributed by atoms with Crippen molar-refractivity contribution < 1.29 is 23.6 Å². The van der Waals surface area contributed by atoms with Gasteiger partial charge in [-0.3, -0.25) is 18.9 Å². The molecule has 9 nitrogen and oxygen atoms in total. The quantitative estimate of drug-likeness (QED) is 0.147. The molecule has 0 amide bonds. The first-order chi connectivity index (χ1) is 17.2. The molecule has 2 rings (SSSR count). The van der Waals surface area contributed by atoms with E-state index in [4.69, 9.17) is 9.26 Å². The van der Waals surface area contributed by atoms with Crippen molar-refractivity contribution in [2.24, 2.45) is 0 Å². The summed E-state index contributed by atoms with van der Waals surface area (Å²) in [6.07, 6.45) is 19.6. The molecule has 0 saturated carbocycles. The minimum atomic E-state index is -4.96. The second-order valence-corrected chi connectivity index (χ2v) is 11.0. The lowest BCUT2D eigenvalue weighted by atomic mass is 10.0. The fourth-order valence-corrected chi connectivity index (χ4v) is 5.16. The number of phosphoric ester groups is 1. The number of H-pyrrole nitrogens is 1. The van der Waals surface area contributed by atoms with E-state index >= 15 is 0 Å². The second kappa shape index (κ2) is 16.4. The summed E-state index contributed by atoms with van der Waals surface area (Å²) in [6.45, 7) is 3.82. The van der Waals surface area contributed by atoms with Crippen molar-refractivity contribution in [1.29, 1.82) is 0 Å². The number of aromatic nitrogens is 2. The largest absolute Gasteiger partial charge is 0.756 e. The number of ether oxygens (including phenoxy) is 1. The highest BCUT2D eigenvalue weighted by Crippen LogP contribution is 2.37. The lowest BCUT2D eigenvalue weighted by Crippen LogP contribution is -2.35. The van der Waals surface area contributed by atoms with Crippen LogP contribution in [-0.4, -0.2) is 26.7 Å². The summed E-state index contributed by atoms with van der Waals surface area (Å²) in [7, 11) is -4.96. The fraction of sp³-hybridized carbons (Fsp3) is 0.769. The van der Waals surface area contributed by atoms with Crippen LogP contribution in [0.15, 0.2) is 27.9 Å². The van der Waals surface area contributed by atoms with Gasteiger partial charge in [-0.25, -0.2) is 4.79 Å². The molecule has 10 heteroatoms. The average Bonchev–Trinajstić information content (AvgIpc) is 3.30. The number of rotatable bonds is 19. The molecule has 0 saturated heterocycles. The number of hydrogen-bond acceptors (Lipinski definition) is 6. The molecule has 1 aromatic rings. The summed E-state index contributed by atoms with van der Waals surface area (Å²) in [4.78, 5) is 46.6. The van der Waals surface area contributed by atoms with Gasteiger partial charge in [0.05, 0.1) is 6.10 Å². The summed E-state index contributed by atoms with van der Waals surface area (Å²) < 4.78 is 23.4. The molecule has 2 N–H and O–H groups in total. The van der Waals surface area contributed by atoms with E-state index in [1.165, 1.54) is 75.0 Å². The Morgan fingerprint density at radius 1 is 1.00 bits per heavy atom. The van der Waals surface area contributed by atoms with Crippen LogP contribution in [0.3, 0.4) is 0 Å². The van der Waals surface area contributed by atoms with Crippen LogP contribution in [0.2, 0.25) is 0 Å². The first-order valence-corrected chi connectivity index (χ1v) is 15.1. The predicted molar refractivity (Wildman–Crippen MR) is 139 cm³/mol. The Morgan fingerprint density at radius 2 is 1.53 bits per heavy atom. The number of nitrogens with one attached hydrogen (secondary N) is 1. The molecule has 206 valence electrons. The Balaban J connectivity index is 1.68. The lowest BCUT2D eigenvalue weighted by Gasteiger charge is -2.28. The topological polar surface area (TPSA) is 134 Å². The van der Waals surface area contributed by atoms with Crippen LogP contribution in [0.25, 0.3) is 0 Å². The molecule has 0 fully saturated rings. The average molecular weight is 528 g/mol. The van der Waals surface area contributed by atoms with Gasteiger partial charge in [-0.05, 0) is 19.4 Å². The maximum atomic E-state index is 12.1. The summed E-state index contributed by atoms with van der Waals surface area (Å²) in [5.41, 5.74) is -0.743. The molecule has 1 aromatic heterocycles. The molecule has 2 unspecified atom stereocenters. The zero-order valence-electron chi connectivity index (χ0n) is 21.9. The second-order valence-electron chi connectivity index (χ2n) is 9.85. The van der Waals surface area contributed by atoms with Gasteiger partial charge in [0, 0.05) is 11.8 Å². The monoisotopic (exact) mass is 527 g/mol. The molecule has 0 aromatic carbocycles. The van der Waals surface area contributed by atoms with E-state index in [1.807, 2.05) is 0 Å². The smallest absolute Gasteiger partial charge is 0.330 e. The first-order valence-electron chi connectivity index (χ1n) is 13.6. The molecule has 0 radical (unpaired) electrons. The van der Waals surface area contributed by atoms with Crippen LogP contribution >= 0.6 is 7.82 Å². The maximum Gasteiger partial charge on any atom is 0.330 e. The maximum absolute atomic E-state index is 12.1. The Kier molecular flexibility index (Phi) is 14.0. The van der Waals surface area contributed by atoms with E-state index in [-0.39, 0.29) is 0 Å². The lowest BCUT2D eigenvalue weighted by molar-refractivity contribution is -0.228. The van der Waals surface area contributed by atoms with Gasteiger partial charge in [0.15, 0.2) is 6.23 Å². The third-order valence-corrected chi connectivity index (χ3v) is 7.20. The predicted octanol–water partition coefficient (Wildman–Crippen LogP) is 5.02. The molecule has 0 spiro atoms. The minimum absolute atomic E-state index is 0.352. The molecule has 1 aliphatic rings. The van der Waals surface area contributed by atoms with E-state index in [9.17, 15) is 23.9 Å². The third-order valence-electron chi connectivity index (χ3n) is 6.66. The summed E-state index contributed by atoms with van der Waals surface area (Å²) >= 11 is 0. The van der Waals surface area contributed by atoms with Crippen LogP contribution in [0, 0.1) is 6.92 Å². The molecular weight excluding hydrogens is 483 g/mol. The Hall–Kier alpha value is -1.51. The van der Waals surface area contributed by atoms with Gasteiger partial charge < -0.3 is 19.0 Å². The van der Waals surface area contributed by atoms with Gasteiger partial charge in [0.1, 0.15) is 6.10 Å². The van der Waals surface area contributed by atoms with Gasteiger partial charge in [0.25, 0.3) is 13.4 Å². The standard InChI is InChI=1S/C26H45N2O7P/c1-3-4-5-6-7-8-9-10-11-12-13-14-15-16-17-23(35-36(31,32)33)22-18-19-24(34-22)28-20-21(2)25(29)27-26(28)30/h18-20,22-24H,3-17H2,1-2H3,(H,27,29,30)(H2,31,32,33)/p-1/t22-,23?,24+/m0/s1. The number of aryl methyl sites for hydroxylation is 1. The molecule has 36 heavy (non-hydrogen) atoms. The highest BCUT2D eigenvalue weighted by Gasteiger charge is 2.31. The minimum Gasteiger partial charge on any atom is -0.756 e. The number of hydrogen-bond donors (Lipinski definition) is 2. The van der Waals surface area contributed by atoms with E-state index in [2.05, 4.69) is 11.9 Å². The van der Waals surface area contributed by atoms with Crippen molar-refractivity contribution in [2.75, 3.05) is 0 Å². The van der Waals surface area contributed by atoms with Crippen molar-refractivity contribution in [2.45, 2.75) is 129 Å². The van der Waals surface area contributed by atoms with Gasteiger partial charge in [-0.15, -0.1) is 0 Å². The Bertz CT molecular complexity index is 952. The highest BCUT2D eigenvalue weighted by atomic mass is 31.2.